The van der Waals surface area contributed by atoms with E-state index in [2.05, 4.69) is 4.98 Å². The van der Waals surface area contributed by atoms with Crippen LogP contribution >= 0.6 is 0 Å². The molecule has 0 aliphatic rings. The topological polar surface area (TPSA) is 111 Å². The molecule has 0 amide bonds. The molecular weight excluding hydrogens is 202 g/mol. The largest absolute Gasteiger partial charge is 0.478 e. The highest BCUT2D eigenvalue weighted by Crippen LogP contribution is 2.16. The van der Waals surface area contributed by atoms with Crippen molar-refractivity contribution in [2.75, 3.05) is 6.61 Å². The minimum Gasteiger partial charge on any atom is -0.478 e. The summed E-state index contributed by atoms with van der Waals surface area (Å²) in [6, 6.07) is 1.19. The average Bonchev–Trinajstić information content (AvgIpc) is 2.27. The Morgan fingerprint density at radius 1 is 1.40 bits per heavy atom. The maximum atomic E-state index is 10.6. The molecule has 2 atom stereocenters. The Hall–Kier alpha value is -1.50. The van der Waals surface area contributed by atoms with Crippen molar-refractivity contribution in [2.24, 2.45) is 0 Å². The van der Waals surface area contributed by atoms with Crippen LogP contribution < -0.4 is 0 Å². The first-order valence-electron chi connectivity index (χ1n) is 4.21. The van der Waals surface area contributed by atoms with Gasteiger partial charge in [-0.1, -0.05) is 0 Å². The molecule has 0 saturated heterocycles. The van der Waals surface area contributed by atoms with Crippen LogP contribution in [0.4, 0.5) is 0 Å². The van der Waals surface area contributed by atoms with Crippen LogP contribution in [0.25, 0.3) is 0 Å². The van der Waals surface area contributed by atoms with Crippen molar-refractivity contribution < 1.29 is 25.2 Å². The molecule has 0 radical (unpaired) electrons. The zero-order chi connectivity index (χ0) is 11.4. The van der Waals surface area contributed by atoms with Gasteiger partial charge in [0.05, 0.1) is 12.2 Å². The van der Waals surface area contributed by atoms with Gasteiger partial charge in [-0.25, -0.2) is 4.79 Å². The van der Waals surface area contributed by atoms with Crippen molar-refractivity contribution in [3.8, 4) is 0 Å². The number of carboxylic acid groups (broad SMARTS) is 1. The van der Waals surface area contributed by atoms with Gasteiger partial charge in [0, 0.05) is 18.0 Å². The van der Waals surface area contributed by atoms with Crippen LogP contribution in [0.1, 0.15) is 22.0 Å². The molecule has 0 saturated carbocycles. The van der Waals surface area contributed by atoms with Crippen LogP contribution in [0, 0.1) is 0 Å². The predicted molar refractivity (Wildman–Crippen MR) is 49.2 cm³/mol. The molecular formula is C9H11NO5. The lowest BCUT2D eigenvalue weighted by Crippen LogP contribution is -2.22. The number of pyridine rings is 1. The van der Waals surface area contributed by atoms with Crippen molar-refractivity contribution in [3.63, 3.8) is 0 Å². The minimum absolute atomic E-state index is 0.0864. The molecule has 4 N–H and O–H groups in total. The van der Waals surface area contributed by atoms with Crippen LogP contribution in [-0.2, 0) is 0 Å². The molecule has 0 fully saturated rings. The van der Waals surface area contributed by atoms with Gasteiger partial charge in [-0.15, -0.1) is 0 Å². The maximum absolute atomic E-state index is 10.6. The zero-order valence-corrected chi connectivity index (χ0v) is 7.74. The smallest absolute Gasteiger partial charge is 0.337 e. The van der Waals surface area contributed by atoms with Gasteiger partial charge in [0.15, 0.2) is 0 Å². The summed E-state index contributed by atoms with van der Waals surface area (Å²) in [5, 5.41) is 35.8. The van der Waals surface area contributed by atoms with Crippen molar-refractivity contribution in [1.82, 2.24) is 4.98 Å². The van der Waals surface area contributed by atoms with Crippen molar-refractivity contribution in [3.05, 3.63) is 29.6 Å². The molecule has 82 valence electrons. The Morgan fingerprint density at radius 2 is 2.07 bits per heavy atom. The van der Waals surface area contributed by atoms with E-state index in [1.807, 2.05) is 0 Å². The van der Waals surface area contributed by atoms with E-state index < -0.39 is 24.8 Å². The third kappa shape index (κ3) is 2.72. The Balaban J connectivity index is 2.94. The van der Waals surface area contributed by atoms with E-state index in [-0.39, 0.29) is 11.1 Å². The van der Waals surface area contributed by atoms with Gasteiger partial charge >= 0.3 is 5.97 Å². The van der Waals surface area contributed by atoms with Gasteiger partial charge in [-0.05, 0) is 6.07 Å². The van der Waals surface area contributed by atoms with E-state index in [4.69, 9.17) is 15.3 Å². The Kier molecular flexibility index (Phi) is 3.73. The number of aliphatic hydroxyl groups is 3. The predicted octanol–water partition coefficient (Wildman–Crippen LogP) is -0.834. The summed E-state index contributed by atoms with van der Waals surface area (Å²) < 4.78 is 0. The zero-order valence-electron chi connectivity index (χ0n) is 7.74. The number of aromatic nitrogens is 1. The van der Waals surface area contributed by atoms with Crippen molar-refractivity contribution in [1.29, 1.82) is 0 Å². The SMILES string of the molecule is O=C(O)c1cncc(C(O)C(O)CO)c1. The molecule has 0 bridgehead atoms. The fourth-order valence-corrected chi connectivity index (χ4v) is 1.06. The lowest BCUT2D eigenvalue weighted by atomic mass is 10.1. The van der Waals surface area contributed by atoms with Gasteiger partial charge in [0.2, 0.25) is 0 Å². The first-order valence-corrected chi connectivity index (χ1v) is 4.21. The summed E-state index contributed by atoms with van der Waals surface area (Å²) in [5.41, 5.74) is 0.0631. The summed E-state index contributed by atoms with van der Waals surface area (Å²) in [7, 11) is 0. The monoisotopic (exact) mass is 213 g/mol. The molecule has 0 aliphatic carbocycles. The normalized spacial score (nSPS) is 14.6. The van der Waals surface area contributed by atoms with Crippen LogP contribution in [0.15, 0.2) is 18.5 Å². The fourth-order valence-electron chi connectivity index (χ4n) is 1.06. The molecule has 1 heterocycles. The molecule has 0 spiro atoms. The quantitative estimate of drug-likeness (QED) is 0.519. The standard InChI is InChI=1S/C9H11NO5/c11-4-7(12)8(13)5-1-6(9(14)15)3-10-2-5/h1-3,7-8,11-13H,4H2,(H,14,15). The highest BCUT2D eigenvalue weighted by molar-refractivity contribution is 5.87. The number of carboxylic acids is 1. The molecule has 6 heteroatoms. The third-order valence-electron chi connectivity index (χ3n) is 1.90. The van der Waals surface area contributed by atoms with Gasteiger partial charge in [-0.2, -0.15) is 0 Å². The van der Waals surface area contributed by atoms with Crippen LogP contribution in [0.2, 0.25) is 0 Å². The summed E-state index contributed by atoms with van der Waals surface area (Å²) in [5.74, 6) is -1.17. The first-order chi connectivity index (χ1) is 7.06. The van der Waals surface area contributed by atoms with Crippen LogP contribution in [-0.4, -0.2) is 44.1 Å². The van der Waals surface area contributed by atoms with E-state index in [0.29, 0.717) is 0 Å². The number of hydrogen-bond donors (Lipinski definition) is 4. The molecule has 0 aliphatic heterocycles. The van der Waals surface area contributed by atoms with Crippen LogP contribution in [0.3, 0.4) is 0 Å². The van der Waals surface area contributed by atoms with E-state index in [9.17, 15) is 9.90 Å². The number of hydrogen-bond acceptors (Lipinski definition) is 5. The lowest BCUT2D eigenvalue weighted by molar-refractivity contribution is -0.0154. The maximum Gasteiger partial charge on any atom is 0.337 e. The third-order valence-corrected chi connectivity index (χ3v) is 1.90. The van der Waals surface area contributed by atoms with Crippen molar-refractivity contribution in [2.45, 2.75) is 12.2 Å². The second-order valence-electron chi connectivity index (χ2n) is 3.01. The highest BCUT2D eigenvalue weighted by atomic mass is 16.4. The molecule has 1 rings (SSSR count). The lowest BCUT2D eigenvalue weighted by Gasteiger charge is -2.15. The number of nitrogens with zero attached hydrogens (tertiary/aromatic N) is 1. The fraction of sp³-hybridized carbons (Fsp3) is 0.333. The minimum atomic E-state index is -1.35. The van der Waals surface area contributed by atoms with E-state index in [1.54, 1.807) is 0 Å². The molecule has 1 aromatic heterocycles. The molecule has 1 aromatic rings. The van der Waals surface area contributed by atoms with E-state index in [1.165, 1.54) is 12.3 Å². The number of carbonyl (C=O) groups is 1. The number of rotatable bonds is 4. The summed E-state index contributed by atoms with van der Waals surface area (Å²) >= 11 is 0. The number of aliphatic hydroxyl groups excluding tert-OH is 3. The van der Waals surface area contributed by atoms with Gasteiger partial charge in [0.25, 0.3) is 0 Å². The van der Waals surface area contributed by atoms with Crippen molar-refractivity contribution >= 4 is 5.97 Å². The first kappa shape index (κ1) is 11.6. The summed E-state index contributed by atoms with van der Waals surface area (Å²) in [6.45, 7) is -0.613. The number of aromatic carboxylic acids is 1. The Bertz CT molecular complexity index is 354. The molecule has 2 unspecified atom stereocenters. The summed E-state index contributed by atoms with van der Waals surface area (Å²) in [4.78, 5) is 14.2. The summed E-state index contributed by atoms with van der Waals surface area (Å²) in [6.07, 6.45) is -0.336. The average molecular weight is 213 g/mol. The highest BCUT2D eigenvalue weighted by Gasteiger charge is 2.18. The molecule has 15 heavy (non-hydrogen) atoms. The molecule has 6 nitrogen and oxygen atoms in total. The van der Waals surface area contributed by atoms with Crippen LogP contribution in [0.5, 0.6) is 0 Å². The second-order valence-corrected chi connectivity index (χ2v) is 3.01. The molecule has 0 aromatic carbocycles. The van der Waals surface area contributed by atoms with Gasteiger partial charge < -0.3 is 20.4 Å². The second kappa shape index (κ2) is 4.83. The van der Waals surface area contributed by atoms with E-state index in [0.717, 1.165) is 6.20 Å². The van der Waals surface area contributed by atoms with Gasteiger partial charge in [-0.3, -0.25) is 4.98 Å². The Labute approximate surface area is 85.4 Å². The van der Waals surface area contributed by atoms with Gasteiger partial charge in [0.1, 0.15) is 12.2 Å². The van der Waals surface area contributed by atoms with E-state index >= 15 is 0 Å². The Morgan fingerprint density at radius 3 is 2.60 bits per heavy atom.